The molecule has 0 bridgehead atoms. The van der Waals surface area contributed by atoms with Gasteiger partial charge in [0, 0.05) is 29.8 Å². The smallest absolute Gasteiger partial charge is 0.550 e. The average Bonchev–Trinajstić information content (AvgIpc) is 3.07. The minimum atomic E-state index is -0.893. The number of hydrogen-bond acceptors (Lipinski definition) is 10. The van der Waals surface area contributed by atoms with Gasteiger partial charge in [-0.2, -0.15) is 0 Å². The first-order valence-electron chi connectivity index (χ1n) is 19.6. The second-order valence-electron chi connectivity index (χ2n) is 12.8. The van der Waals surface area contributed by atoms with Crippen LogP contribution in [-0.2, 0) is 46.4 Å². The summed E-state index contributed by atoms with van der Waals surface area (Å²) < 4.78 is 0. The Bertz CT molecular complexity index is 655. The van der Waals surface area contributed by atoms with Crippen LogP contribution >= 0.6 is 0 Å². The maximum Gasteiger partial charge on any atom is 5.00 e. The van der Waals surface area contributed by atoms with Gasteiger partial charge >= 0.3 is 22.4 Å². The molecule has 0 spiro atoms. The van der Waals surface area contributed by atoms with Crippen molar-refractivity contribution in [2.75, 3.05) is 0 Å². The molecule has 0 aliphatic carbocycles. The summed E-state index contributed by atoms with van der Waals surface area (Å²) in [7, 11) is 0. The summed E-state index contributed by atoms with van der Waals surface area (Å²) in [6, 6.07) is 0. The number of carbonyl (C=O) groups excluding carboxylic acids is 5. The molecule has 0 fully saturated rings. The summed E-state index contributed by atoms with van der Waals surface area (Å²) in [4.78, 5) is 51.6. The Balaban J connectivity index is -0.000000123. The third kappa shape index (κ3) is 44.2. The van der Waals surface area contributed by atoms with Crippen LogP contribution < -0.4 is 25.5 Å². The van der Waals surface area contributed by atoms with Gasteiger partial charge < -0.3 is 49.5 Å². The number of aliphatic carboxylic acids is 5. The average molecular weight is 897 g/mol. The standard InChI is InChI=1S/5C8H16O2.Ta/c5*1-3-5-6-7(4-2)8(9)10;/h5*7H,3-6H2,1-2H3,(H,9,10);/q;;;;;+5/p-5. The molecule has 5 atom stereocenters. The third-order valence-electron chi connectivity index (χ3n) is 8.66. The molecule has 0 N–H and O–H groups in total. The number of hydrogen-bond donors (Lipinski definition) is 0. The molecule has 0 aromatic heterocycles. The van der Waals surface area contributed by atoms with E-state index in [2.05, 4.69) is 34.6 Å². The summed E-state index contributed by atoms with van der Waals surface area (Å²) in [6.07, 6.45) is 17.6. The molecule has 0 aromatic rings. The minimum absolute atomic E-state index is 0. The Hall–Kier alpha value is -1.91. The van der Waals surface area contributed by atoms with Crippen LogP contribution in [0.1, 0.15) is 198 Å². The Morgan fingerprint density at radius 3 is 0.490 bits per heavy atom. The van der Waals surface area contributed by atoms with E-state index >= 15 is 0 Å². The maximum absolute atomic E-state index is 10.3. The molecule has 0 amide bonds. The van der Waals surface area contributed by atoms with Gasteiger partial charge in [0.25, 0.3) is 0 Å². The van der Waals surface area contributed by atoms with Crippen molar-refractivity contribution >= 4 is 29.8 Å². The first kappa shape index (κ1) is 61.1. The quantitative estimate of drug-likeness (QED) is 0.123. The van der Waals surface area contributed by atoms with E-state index in [1.807, 2.05) is 34.6 Å². The number of carboxylic acid groups (broad SMARTS) is 5. The van der Waals surface area contributed by atoms with Crippen molar-refractivity contribution in [1.29, 1.82) is 0 Å². The van der Waals surface area contributed by atoms with E-state index < -0.39 is 29.8 Å². The van der Waals surface area contributed by atoms with Gasteiger partial charge in [0.15, 0.2) is 0 Å². The van der Waals surface area contributed by atoms with Crippen molar-refractivity contribution in [3.63, 3.8) is 0 Å². The molecule has 11 heteroatoms. The molecular weight excluding hydrogens is 821 g/mol. The van der Waals surface area contributed by atoms with Gasteiger partial charge in [-0.1, -0.05) is 133 Å². The first-order chi connectivity index (χ1) is 23.6. The van der Waals surface area contributed by atoms with Crippen LogP contribution in [0.25, 0.3) is 0 Å². The van der Waals surface area contributed by atoms with Gasteiger partial charge in [0.2, 0.25) is 0 Å². The van der Waals surface area contributed by atoms with Crippen LogP contribution in [-0.4, -0.2) is 29.8 Å². The van der Waals surface area contributed by atoms with E-state index in [-0.39, 0.29) is 52.0 Å². The van der Waals surface area contributed by atoms with Crippen molar-refractivity contribution in [2.24, 2.45) is 29.6 Å². The maximum atomic E-state index is 10.3. The van der Waals surface area contributed by atoms with Crippen molar-refractivity contribution in [3.8, 4) is 0 Å². The number of carboxylic acids is 5. The van der Waals surface area contributed by atoms with E-state index in [1.54, 1.807) is 0 Å². The van der Waals surface area contributed by atoms with Crippen LogP contribution in [0.15, 0.2) is 0 Å². The molecular formula is C40H75O10Ta. The Morgan fingerprint density at radius 2 is 0.431 bits per heavy atom. The van der Waals surface area contributed by atoms with Gasteiger partial charge in [-0.15, -0.1) is 0 Å². The minimum Gasteiger partial charge on any atom is -0.550 e. The van der Waals surface area contributed by atoms with Crippen molar-refractivity contribution in [3.05, 3.63) is 0 Å². The molecule has 0 rings (SSSR count). The summed E-state index contributed by atoms with van der Waals surface area (Å²) in [6.45, 7) is 19.7. The molecule has 0 aliphatic rings. The molecule has 0 radical (unpaired) electrons. The molecule has 0 heterocycles. The fraction of sp³-hybridized carbons (Fsp3) is 0.875. The van der Waals surface area contributed by atoms with E-state index in [0.717, 1.165) is 96.3 Å². The zero-order valence-electron chi connectivity index (χ0n) is 34.1. The summed E-state index contributed by atoms with van der Waals surface area (Å²) in [5, 5.41) is 51.6. The second-order valence-corrected chi connectivity index (χ2v) is 12.8. The zero-order valence-corrected chi connectivity index (χ0v) is 37.3. The van der Waals surface area contributed by atoms with E-state index in [0.29, 0.717) is 32.1 Å². The van der Waals surface area contributed by atoms with Crippen LogP contribution in [0.4, 0.5) is 0 Å². The van der Waals surface area contributed by atoms with Gasteiger partial charge in [0.1, 0.15) is 0 Å². The van der Waals surface area contributed by atoms with Crippen LogP contribution in [0.5, 0.6) is 0 Å². The third-order valence-corrected chi connectivity index (χ3v) is 8.66. The molecule has 0 aliphatic heterocycles. The number of carbonyl (C=O) groups is 5. The molecule has 300 valence electrons. The van der Waals surface area contributed by atoms with E-state index in [4.69, 9.17) is 0 Å². The molecule has 51 heavy (non-hydrogen) atoms. The monoisotopic (exact) mass is 896 g/mol. The Labute approximate surface area is 327 Å². The summed E-state index contributed by atoms with van der Waals surface area (Å²) in [5.41, 5.74) is 0. The fourth-order valence-corrected chi connectivity index (χ4v) is 4.70. The predicted molar refractivity (Wildman–Crippen MR) is 192 cm³/mol. The molecule has 5 unspecified atom stereocenters. The van der Waals surface area contributed by atoms with Crippen LogP contribution in [0, 0.1) is 29.6 Å². The van der Waals surface area contributed by atoms with Crippen molar-refractivity contribution in [1.82, 2.24) is 0 Å². The Kier molecular flexibility index (Phi) is 55.3. The largest absolute Gasteiger partial charge is 5.00 e. The number of unbranched alkanes of at least 4 members (excludes halogenated alkanes) is 5. The van der Waals surface area contributed by atoms with Crippen molar-refractivity contribution in [2.45, 2.75) is 198 Å². The van der Waals surface area contributed by atoms with Crippen LogP contribution in [0.3, 0.4) is 0 Å². The Morgan fingerprint density at radius 1 is 0.314 bits per heavy atom. The van der Waals surface area contributed by atoms with Gasteiger partial charge in [-0.05, 0) is 93.8 Å². The number of rotatable bonds is 25. The van der Waals surface area contributed by atoms with E-state index in [1.165, 1.54) is 0 Å². The van der Waals surface area contributed by atoms with Gasteiger partial charge in [-0.25, -0.2) is 0 Å². The molecule has 10 nitrogen and oxygen atoms in total. The van der Waals surface area contributed by atoms with E-state index in [9.17, 15) is 49.5 Å². The predicted octanol–water partition coefficient (Wildman–Crippen LogP) is 4.76. The normalized spacial score (nSPS) is 12.7. The first-order valence-corrected chi connectivity index (χ1v) is 19.6. The molecule has 0 saturated carbocycles. The topological polar surface area (TPSA) is 201 Å². The molecule has 0 saturated heterocycles. The zero-order chi connectivity index (χ0) is 39.9. The summed E-state index contributed by atoms with van der Waals surface area (Å²) >= 11 is 0. The molecule has 0 aromatic carbocycles. The fourth-order valence-electron chi connectivity index (χ4n) is 4.70. The SMILES string of the molecule is CCCCC(CC)C(=O)[O-].CCCCC(CC)C(=O)[O-].CCCCC(CC)C(=O)[O-].CCCCC(CC)C(=O)[O-].CCCCC(CC)C(=O)[O-].[Ta+5]. The van der Waals surface area contributed by atoms with Crippen LogP contribution in [0.2, 0.25) is 0 Å². The van der Waals surface area contributed by atoms with Gasteiger partial charge in [-0.3, -0.25) is 0 Å². The van der Waals surface area contributed by atoms with Gasteiger partial charge in [0.05, 0.1) is 0 Å². The second kappa shape index (κ2) is 46.1. The summed E-state index contributed by atoms with van der Waals surface area (Å²) in [5.74, 6) is -5.57. The van der Waals surface area contributed by atoms with Crippen molar-refractivity contribution < 1.29 is 71.9 Å².